The fourth-order valence-corrected chi connectivity index (χ4v) is 9.73. The third-order valence-corrected chi connectivity index (χ3v) is 12.1. The number of benzene rings is 8. The molecule has 0 saturated heterocycles. The normalized spacial score (nSPS) is 12.2. The molecule has 0 aliphatic heterocycles. The average Bonchev–Trinajstić information content (AvgIpc) is 3.95. The molecule has 12 rings (SSSR count). The lowest BCUT2D eigenvalue weighted by molar-refractivity contribution is 0.669. The van der Waals surface area contributed by atoms with Gasteiger partial charge < -0.3 is 13.6 Å². The fourth-order valence-electron chi connectivity index (χ4n) is 8.64. The van der Waals surface area contributed by atoms with Crippen LogP contribution in [0.4, 0.5) is 0 Å². The van der Waals surface area contributed by atoms with E-state index in [-0.39, 0.29) is 0 Å². The number of nitrogens with zero attached hydrogens (tertiary/aromatic N) is 2. The molecule has 0 unspecified atom stereocenters. The van der Waals surface area contributed by atoms with Gasteiger partial charge in [0.15, 0.2) is 0 Å². The van der Waals surface area contributed by atoms with E-state index in [0.717, 1.165) is 27.6 Å². The van der Waals surface area contributed by atoms with Crippen molar-refractivity contribution in [2.75, 3.05) is 0 Å². The van der Waals surface area contributed by atoms with Crippen LogP contribution in [0.25, 0.3) is 108 Å². The SMILES string of the molecule is c1ccc2c(c1)oc1ccc(-n3c4ccccc4c4cc(-c5cccc6c7ccccc7n(-c7ccc8sc9ccccc9c8c7)c56)ccc43)cc12. The summed E-state index contributed by atoms with van der Waals surface area (Å²) in [6.07, 6.45) is 0. The van der Waals surface area contributed by atoms with E-state index < -0.39 is 0 Å². The Balaban J connectivity index is 1.11. The lowest BCUT2D eigenvalue weighted by atomic mass is 9.99. The number of furan rings is 1. The molecule has 0 N–H and O–H groups in total. The maximum Gasteiger partial charge on any atom is 0.135 e. The number of para-hydroxylation sites is 4. The quantitative estimate of drug-likeness (QED) is 0.182. The van der Waals surface area contributed by atoms with Gasteiger partial charge in [-0.1, -0.05) is 97.1 Å². The van der Waals surface area contributed by atoms with Crippen LogP contribution in [0, 0.1) is 0 Å². The summed E-state index contributed by atoms with van der Waals surface area (Å²) in [4.78, 5) is 0. The van der Waals surface area contributed by atoms with E-state index in [2.05, 4.69) is 167 Å². The fraction of sp³-hybridized carbons (Fsp3) is 0. The zero-order valence-electron chi connectivity index (χ0n) is 27.9. The second kappa shape index (κ2) is 10.5. The predicted molar refractivity (Wildman–Crippen MR) is 221 cm³/mol. The van der Waals surface area contributed by atoms with Gasteiger partial charge in [-0.3, -0.25) is 0 Å². The number of thiophene rings is 1. The minimum Gasteiger partial charge on any atom is -0.456 e. The highest BCUT2D eigenvalue weighted by Gasteiger charge is 2.20. The maximum absolute atomic E-state index is 6.19. The first-order chi connectivity index (χ1) is 25.8. The van der Waals surface area contributed by atoms with Crippen LogP contribution in [0.5, 0.6) is 0 Å². The highest BCUT2D eigenvalue weighted by molar-refractivity contribution is 7.25. The maximum atomic E-state index is 6.19. The van der Waals surface area contributed by atoms with Crippen LogP contribution in [0.3, 0.4) is 0 Å². The van der Waals surface area contributed by atoms with Crippen molar-refractivity contribution in [3.8, 4) is 22.5 Å². The van der Waals surface area contributed by atoms with Gasteiger partial charge >= 0.3 is 0 Å². The number of hydrogen-bond acceptors (Lipinski definition) is 2. The van der Waals surface area contributed by atoms with Crippen molar-refractivity contribution in [3.63, 3.8) is 0 Å². The Morgan fingerprint density at radius 2 is 0.981 bits per heavy atom. The van der Waals surface area contributed by atoms with Gasteiger partial charge in [-0.15, -0.1) is 11.3 Å². The lowest BCUT2D eigenvalue weighted by Gasteiger charge is -2.13. The molecule has 8 aromatic carbocycles. The van der Waals surface area contributed by atoms with Gasteiger partial charge in [0, 0.05) is 69.4 Å². The smallest absolute Gasteiger partial charge is 0.135 e. The molecule has 0 bridgehead atoms. The van der Waals surface area contributed by atoms with E-state index in [4.69, 9.17) is 4.42 Å². The Morgan fingerprint density at radius 3 is 1.87 bits per heavy atom. The first-order valence-corrected chi connectivity index (χ1v) is 18.5. The van der Waals surface area contributed by atoms with Gasteiger partial charge in [-0.25, -0.2) is 0 Å². The van der Waals surface area contributed by atoms with Gasteiger partial charge in [0.25, 0.3) is 0 Å². The largest absolute Gasteiger partial charge is 0.456 e. The molecule has 0 aliphatic carbocycles. The highest BCUT2D eigenvalue weighted by Crippen LogP contribution is 2.43. The Labute approximate surface area is 301 Å². The van der Waals surface area contributed by atoms with Crippen molar-refractivity contribution >= 4 is 97.1 Å². The van der Waals surface area contributed by atoms with Gasteiger partial charge in [-0.05, 0) is 78.4 Å². The Kier molecular flexibility index (Phi) is 5.65. The van der Waals surface area contributed by atoms with Crippen molar-refractivity contribution in [1.29, 1.82) is 0 Å². The lowest BCUT2D eigenvalue weighted by Crippen LogP contribution is -1.96. The average molecular weight is 681 g/mol. The molecule has 0 radical (unpaired) electrons. The monoisotopic (exact) mass is 680 g/mol. The van der Waals surface area contributed by atoms with Gasteiger partial charge in [0.1, 0.15) is 11.2 Å². The van der Waals surface area contributed by atoms with E-state index in [1.807, 2.05) is 23.5 Å². The summed E-state index contributed by atoms with van der Waals surface area (Å²) < 4.78 is 13.7. The van der Waals surface area contributed by atoms with Crippen LogP contribution >= 0.6 is 11.3 Å². The van der Waals surface area contributed by atoms with Crippen LogP contribution < -0.4 is 0 Å². The molecule has 0 aliphatic rings. The number of rotatable bonds is 3. The first kappa shape index (κ1) is 28.1. The molecule has 0 spiro atoms. The van der Waals surface area contributed by atoms with E-state index >= 15 is 0 Å². The number of fused-ring (bicyclic) bond motifs is 12. The van der Waals surface area contributed by atoms with Crippen LogP contribution in [0.1, 0.15) is 0 Å². The molecule has 4 aromatic heterocycles. The molecule has 4 heterocycles. The van der Waals surface area contributed by atoms with E-state index in [1.54, 1.807) is 0 Å². The van der Waals surface area contributed by atoms with Crippen LogP contribution in [-0.4, -0.2) is 9.13 Å². The molecule has 4 heteroatoms. The van der Waals surface area contributed by atoms with Gasteiger partial charge in [0.2, 0.25) is 0 Å². The number of hydrogen-bond donors (Lipinski definition) is 0. The van der Waals surface area contributed by atoms with Crippen LogP contribution in [0.2, 0.25) is 0 Å². The summed E-state index contributed by atoms with van der Waals surface area (Å²) in [7, 11) is 0. The summed E-state index contributed by atoms with van der Waals surface area (Å²) in [6.45, 7) is 0. The van der Waals surface area contributed by atoms with E-state index in [9.17, 15) is 0 Å². The second-order valence-electron chi connectivity index (χ2n) is 13.7. The Hall–Kier alpha value is -6.62. The predicted octanol–water partition coefficient (Wildman–Crippen LogP) is 13.8. The molecule has 242 valence electrons. The van der Waals surface area contributed by atoms with Gasteiger partial charge in [-0.2, -0.15) is 0 Å². The summed E-state index contributed by atoms with van der Waals surface area (Å²) in [5.74, 6) is 0. The topological polar surface area (TPSA) is 23.0 Å². The van der Waals surface area contributed by atoms with Crippen molar-refractivity contribution in [2.45, 2.75) is 0 Å². The summed E-state index contributed by atoms with van der Waals surface area (Å²) in [5.41, 5.74) is 11.3. The number of aromatic nitrogens is 2. The minimum atomic E-state index is 0.905. The molecular formula is C48H28N2OS. The minimum absolute atomic E-state index is 0.905. The van der Waals surface area contributed by atoms with Crippen molar-refractivity contribution in [3.05, 3.63) is 170 Å². The van der Waals surface area contributed by atoms with Crippen molar-refractivity contribution in [2.24, 2.45) is 0 Å². The van der Waals surface area contributed by atoms with E-state index in [0.29, 0.717) is 0 Å². The molecule has 0 fully saturated rings. The molecule has 3 nitrogen and oxygen atoms in total. The van der Waals surface area contributed by atoms with Crippen LogP contribution in [0.15, 0.2) is 174 Å². The Bertz CT molecular complexity index is 3430. The molecular weight excluding hydrogens is 653 g/mol. The van der Waals surface area contributed by atoms with Crippen molar-refractivity contribution < 1.29 is 4.42 Å². The molecule has 0 amide bonds. The molecule has 12 aromatic rings. The van der Waals surface area contributed by atoms with Gasteiger partial charge in [0.05, 0.1) is 22.1 Å². The summed E-state index contributed by atoms with van der Waals surface area (Å²) >= 11 is 1.86. The zero-order valence-corrected chi connectivity index (χ0v) is 28.7. The second-order valence-corrected chi connectivity index (χ2v) is 14.8. The zero-order chi connectivity index (χ0) is 33.9. The highest BCUT2D eigenvalue weighted by atomic mass is 32.1. The first-order valence-electron chi connectivity index (χ1n) is 17.7. The third kappa shape index (κ3) is 3.84. The Morgan fingerprint density at radius 1 is 0.365 bits per heavy atom. The van der Waals surface area contributed by atoms with Crippen LogP contribution in [-0.2, 0) is 0 Å². The molecule has 0 saturated carbocycles. The molecule has 0 atom stereocenters. The van der Waals surface area contributed by atoms with Crippen molar-refractivity contribution in [1.82, 2.24) is 9.13 Å². The molecule has 52 heavy (non-hydrogen) atoms. The van der Waals surface area contributed by atoms with E-state index in [1.165, 1.54) is 80.6 Å². The standard InChI is InChI=1S/C48H28N2OS/c1-6-17-42-33(10-1)37-15-9-14-32(48(37)50(42)31-22-25-47-40(28-31)36-13-4-8-19-46(36)52-47)29-20-23-43-38(26-29)34-11-2-5-16-41(34)49(43)30-21-24-45-39(27-30)35-12-3-7-18-44(35)51-45/h1-28H. The summed E-state index contributed by atoms with van der Waals surface area (Å²) in [5, 5.41) is 9.86. The summed E-state index contributed by atoms with van der Waals surface area (Å²) in [6, 6.07) is 61.9. The third-order valence-electron chi connectivity index (χ3n) is 10.9.